The maximum atomic E-state index is 12.8. The molecule has 2 heterocycles. The predicted molar refractivity (Wildman–Crippen MR) is 85.8 cm³/mol. The van der Waals surface area contributed by atoms with Crippen molar-refractivity contribution in [3.63, 3.8) is 0 Å². The van der Waals surface area contributed by atoms with Crippen molar-refractivity contribution in [3.8, 4) is 0 Å². The van der Waals surface area contributed by atoms with Crippen LogP contribution in [0.15, 0.2) is 41.4 Å². The van der Waals surface area contributed by atoms with Crippen LogP contribution in [0.1, 0.15) is 5.56 Å². The largest absolute Gasteiger partial charge is 0.357 e. The van der Waals surface area contributed by atoms with Gasteiger partial charge < -0.3 is 5.32 Å². The summed E-state index contributed by atoms with van der Waals surface area (Å²) in [6.45, 7) is 1.90. The standard InChI is InChI=1S/C14H13ClN4O2S/c1-9-3-5-10(6-4-9)22(20,21)19-8-7-11-12(15)17-14(16-2)18-13(11)19/h3-8H,1-2H3,(H,16,17,18). The second kappa shape index (κ2) is 5.26. The molecule has 0 aliphatic rings. The molecule has 0 saturated carbocycles. The van der Waals surface area contributed by atoms with Crippen molar-refractivity contribution in [3.05, 3.63) is 47.2 Å². The third kappa shape index (κ3) is 2.32. The fraction of sp³-hybridized carbons (Fsp3) is 0.143. The Morgan fingerprint density at radius 2 is 1.82 bits per heavy atom. The Balaban J connectivity index is 2.25. The second-order valence-corrected chi connectivity index (χ2v) is 6.93. The highest BCUT2D eigenvalue weighted by molar-refractivity contribution is 7.90. The molecule has 0 radical (unpaired) electrons. The van der Waals surface area contributed by atoms with Gasteiger partial charge in [-0.1, -0.05) is 29.3 Å². The Morgan fingerprint density at radius 3 is 2.45 bits per heavy atom. The summed E-state index contributed by atoms with van der Waals surface area (Å²) >= 11 is 6.07. The number of halogens is 1. The first-order valence-corrected chi connectivity index (χ1v) is 8.30. The number of hydrogen-bond acceptors (Lipinski definition) is 5. The lowest BCUT2D eigenvalue weighted by atomic mass is 10.2. The molecule has 0 unspecified atom stereocenters. The first-order chi connectivity index (χ1) is 10.4. The molecule has 0 atom stereocenters. The van der Waals surface area contributed by atoms with Gasteiger partial charge in [-0.05, 0) is 25.1 Å². The molecule has 0 aliphatic heterocycles. The second-order valence-electron chi connectivity index (χ2n) is 4.75. The predicted octanol–water partition coefficient (Wildman–Crippen LogP) is 2.67. The number of aromatic nitrogens is 3. The summed E-state index contributed by atoms with van der Waals surface area (Å²) in [5.41, 5.74) is 1.23. The quantitative estimate of drug-likeness (QED) is 0.744. The molecule has 0 aliphatic carbocycles. The van der Waals surface area contributed by atoms with E-state index in [1.165, 1.54) is 6.20 Å². The SMILES string of the molecule is CNc1nc(Cl)c2ccn(S(=O)(=O)c3ccc(C)cc3)c2n1. The van der Waals surface area contributed by atoms with Crippen molar-refractivity contribution in [1.82, 2.24) is 13.9 Å². The molecule has 8 heteroatoms. The minimum absolute atomic E-state index is 0.191. The Labute approximate surface area is 132 Å². The van der Waals surface area contributed by atoms with Crippen molar-refractivity contribution >= 4 is 38.6 Å². The monoisotopic (exact) mass is 336 g/mol. The van der Waals surface area contributed by atoms with Crippen LogP contribution in [-0.2, 0) is 10.0 Å². The molecule has 0 spiro atoms. The zero-order valence-electron chi connectivity index (χ0n) is 11.9. The smallest absolute Gasteiger partial charge is 0.269 e. The van der Waals surface area contributed by atoms with Crippen LogP contribution < -0.4 is 5.32 Å². The first-order valence-electron chi connectivity index (χ1n) is 6.48. The van der Waals surface area contributed by atoms with Crippen LogP contribution in [0.2, 0.25) is 5.15 Å². The van der Waals surface area contributed by atoms with Crippen LogP contribution >= 0.6 is 11.6 Å². The van der Waals surface area contributed by atoms with Crippen LogP contribution in [0.5, 0.6) is 0 Å². The molecule has 6 nitrogen and oxygen atoms in total. The van der Waals surface area contributed by atoms with Gasteiger partial charge in [0.15, 0.2) is 5.65 Å². The Bertz CT molecular complexity index is 949. The maximum Gasteiger partial charge on any atom is 0.269 e. The van der Waals surface area contributed by atoms with E-state index in [4.69, 9.17) is 11.6 Å². The summed E-state index contributed by atoms with van der Waals surface area (Å²) in [5.74, 6) is 0.261. The van der Waals surface area contributed by atoms with Gasteiger partial charge in [-0.3, -0.25) is 0 Å². The lowest BCUT2D eigenvalue weighted by molar-refractivity contribution is 0.589. The summed E-state index contributed by atoms with van der Waals surface area (Å²) in [4.78, 5) is 8.43. The van der Waals surface area contributed by atoms with E-state index in [9.17, 15) is 8.42 Å². The van der Waals surface area contributed by atoms with Crippen LogP contribution in [0.25, 0.3) is 11.0 Å². The molecule has 0 amide bonds. The van der Waals surface area contributed by atoms with Crippen LogP contribution in [-0.4, -0.2) is 29.4 Å². The molecular weight excluding hydrogens is 324 g/mol. The normalized spacial score (nSPS) is 11.8. The van der Waals surface area contributed by atoms with E-state index in [-0.39, 0.29) is 21.6 Å². The molecule has 3 aromatic rings. The average Bonchev–Trinajstić information content (AvgIpc) is 2.92. The van der Waals surface area contributed by atoms with Gasteiger partial charge in [0.25, 0.3) is 10.0 Å². The van der Waals surface area contributed by atoms with Crippen molar-refractivity contribution in [2.45, 2.75) is 11.8 Å². The minimum Gasteiger partial charge on any atom is -0.357 e. The molecule has 22 heavy (non-hydrogen) atoms. The summed E-state index contributed by atoms with van der Waals surface area (Å²) in [5, 5.41) is 3.44. The fourth-order valence-electron chi connectivity index (χ4n) is 2.08. The van der Waals surface area contributed by atoms with Gasteiger partial charge in [0.1, 0.15) is 5.15 Å². The molecule has 0 fully saturated rings. The summed E-state index contributed by atoms with van der Waals surface area (Å²) in [7, 11) is -2.10. The zero-order chi connectivity index (χ0) is 15.9. The molecule has 114 valence electrons. The van der Waals surface area contributed by atoms with E-state index in [0.29, 0.717) is 5.39 Å². The highest BCUT2D eigenvalue weighted by atomic mass is 35.5. The fourth-order valence-corrected chi connectivity index (χ4v) is 3.61. The molecule has 1 N–H and O–H groups in total. The van der Waals surface area contributed by atoms with E-state index in [1.54, 1.807) is 37.4 Å². The van der Waals surface area contributed by atoms with E-state index in [0.717, 1.165) is 9.54 Å². The number of fused-ring (bicyclic) bond motifs is 1. The lowest BCUT2D eigenvalue weighted by Crippen LogP contribution is -2.13. The number of rotatable bonds is 3. The molecule has 1 aromatic carbocycles. The number of anilines is 1. The Kier molecular flexibility index (Phi) is 3.54. The zero-order valence-corrected chi connectivity index (χ0v) is 13.5. The summed E-state index contributed by atoms with van der Waals surface area (Å²) in [6, 6.07) is 8.22. The number of hydrogen-bond donors (Lipinski definition) is 1. The number of nitrogens with zero attached hydrogens (tertiary/aromatic N) is 3. The Hall–Kier alpha value is -2.12. The van der Waals surface area contributed by atoms with Gasteiger partial charge in [0, 0.05) is 13.2 Å². The van der Waals surface area contributed by atoms with Gasteiger partial charge in [-0.2, -0.15) is 4.98 Å². The molecule has 2 aromatic heterocycles. The first kappa shape index (κ1) is 14.8. The van der Waals surface area contributed by atoms with E-state index in [2.05, 4.69) is 15.3 Å². The third-order valence-corrected chi connectivity index (χ3v) is 5.23. The van der Waals surface area contributed by atoms with Gasteiger partial charge in [-0.25, -0.2) is 17.4 Å². The minimum atomic E-state index is -3.74. The molecular formula is C14H13ClN4O2S. The molecule has 0 saturated heterocycles. The molecule has 3 rings (SSSR count). The van der Waals surface area contributed by atoms with Crippen molar-refractivity contribution in [1.29, 1.82) is 0 Å². The van der Waals surface area contributed by atoms with Gasteiger partial charge >= 0.3 is 0 Å². The maximum absolute atomic E-state index is 12.8. The topological polar surface area (TPSA) is 76.9 Å². The lowest BCUT2D eigenvalue weighted by Gasteiger charge is -2.08. The van der Waals surface area contributed by atoms with Gasteiger partial charge in [0.05, 0.1) is 10.3 Å². The van der Waals surface area contributed by atoms with Crippen LogP contribution in [0.3, 0.4) is 0 Å². The summed E-state index contributed by atoms with van der Waals surface area (Å²) < 4.78 is 26.7. The van der Waals surface area contributed by atoms with Crippen LogP contribution in [0.4, 0.5) is 5.95 Å². The van der Waals surface area contributed by atoms with Crippen LogP contribution in [0, 0.1) is 6.92 Å². The van der Waals surface area contributed by atoms with Gasteiger partial charge in [-0.15, -0.1) is 0 Å². The van der Waals surface area contributed by atoms with Crippen molar-refractivity contribution < 1.29 is 8.42 Å². The van der Waals surface area contributed by atoms with E-state index in [1.807, 2.05) is 6.92 Å². The highest BCUT2D eigenvalue weighted by Crippen LogP contribution is 2.26. The van der Waals surface area contributed by atoms with Crippen molar-refractivity contribution in [2.24, 2.45) is 0 Å². The number of nitrogens with one attached hydrogen (secondary N) is 1. The number of aryl methyl sites for hydroxylation is 1. The van der Waals surface area contributed by atoms with E-state index < -0.39 is 10.0 Å². The van der Waals surface area contributed by atoms with Gasteiger partial charge in [0.2, 0.25) is 5.95 Å². The van der Waals surface area contributed by atoms with E-state index >= 15 is 0 Å². The average molecular weight is 337 g/mol. The third-order valence-electron chi connectivity index (χ3n) is 3.27. The Morgan fingerprint density at radius 1 is 1.14 bits per heavy atom. The highest BCUT2D eigenvalue weighted by Gasteiger charge is 2.21. The summed E-state index contributed by atoms with van der Waals surface area (Å²) in [6.07, 6.45) is 1.43. The molecule has 0 bridgehead atoms. The number of benzene rings is 1. The van der Waals surface area contributed by atoms with Crippen molar-refractivity contribution in [2.75, 3.05) is 12.4 Å².